The van der Waals surface area contributed by atoms with Gasteiger partial charge in [-0.2, -0.15) is 0 Å². The largest absolute Gasteiger partial charge is 0.289 e. The predicted octanol–water partition coefficient (Wildman–Crippen LogP) is 7.59. The molecule has 0 aliphatic rings. The second-order valence-electron chi connectivity index (χ2n) is 5.05. The van der Waals surface area contributed by atoms with Gasteiger partial charge in [-0.05, 0) is 17.5 Å². The molecule has 0 unspecified atom stereocenters. The Morgan fingerprint density at radius 2 is 0.889 bits per heavy atom. The van der Waals surface area contributed by atoms with E-state index in [0.29, 0.717) is 0 Å². The average molecular weight is 363 g/mol. The SMILES string of the molecule is CC.CC.CC.O=C(c1ccccc1)c1ccc(Cc2ccccc2)cc1. The zero-order valence-corrected chi connectivity index (χ0v) is 17.7. The van der Waals surface area contributed by atoms with Gasteiger partial charge < -0.3 is 0 Å². The molecule has 0 heterocycles. The van der Waals surface area contributed by atoms with Crippen LogP contribution in [0.25, 0.3) is 0 Å². The number of hydrogen-bond acceptors (Lipinski definition) is 1. The summed E-state index contributed by atoms with van der Waals surface area (Å²) in [7, 11) is 0. The lowest BCUT2D eigenvalue weighted by Crippen LogP contribution is -2.01. The second kappa shape index (κ2) is 15.6. The Hall–Kier alpha value is -2.67. The lowest BCUT2D eigenvalue weighted by molar-refractivity contribution is 0.103. The van der Waals surface area contributed by atoms with Gasteiger partial charge in [-0.3, -0.25) is 4.79 Å². The van der Waals surface area contributed by atoms with Crippen LogP contribution in [0.2, 0.25) is 0 Å². The molecule has 1 heteroatoms. The first kappa shape index (κ1) is 24.3. The highest BCUT2D eigenvalue weighted by Crippen LogP contribution is 2.13. The number of ketones is 1. The molecule has 1 nitrogen and oxygen atoms in total. The van der Waals surface area contributed by atoms with Gasteiger partial charge >= 0.3 is 0 Å². The summed E-state index contributed by atoms with van der Waals surface area (Å²) in [6.45, 7) is 12.0. The van der Waals surface area contributed by atoms with Gasteiger partial charge in [0.2, 0.25) is 0 Å². The van der Waals surface area contributed by atoms with Crippen molar-refractivity contribution in [3.63, 3.8) is 0 Å². The zero-order valence-electron chi connectivity index (χ0n) is 17.7. The maximum atomic E-state index is 12.3. The third-order valence-electron chi connectivity index (χ3n) is 3.50. The second-order valence-corrected chi connectivity index (χ2v) is 5.05. The predicted molar refractivity (Wildman–Crippen MR) is 120 cm³/mol. The van der Waals surface area contributed by atoms with Crippen molar-refractivity contribution in [3.05, 3.63) is 107 Å². The van der Waals surface area contributed by atoms with Crippen LogP contribution in [0.3, 0.4) is 0 Å². The molecule has 3 rings (SSSR count). The minimum Gasteiger partial charge on any atom is -0.289 e. The summed E-state index contributed by atoms with van der Waals surface area (Å²) < 4.78 is 0. The molecule has 144 valence electrons. The summed E-state index contributed by atoms with van der Waals surface area (Å²) in [5.41, 5.74) is 3.96. The average Bonchev–Trinajstić information content (AvgIpc) is 2.79. The fraction of sp³-hybridized carbons (Fsp3) is 0.269. The van der Waals surface area contributed by atoms with E-state index < -0.39 is 0 Å². The molecule has 0 radical (unpaired) electrons. The van der Waals surface area contributed by atoms with Crippen molar-refractivity contribution in [2.75, 3.05) is 0 Å². The molecule has 0 bridgehead atoms. The summed E-state index contributed by atoms with van der Waals surface area (Å²) in [6, 6.07) is 27.6. The number of carbonyl (C=O) groups excluding carboxylic acids is 1. The van der Waals surface area contributed by atoms with Crippen molar-refractivity contribution in [2.45, 2.75) is 48.0 Å². The quantitative estimate of drug-likeness (QED) is 0.437. The molecule has 0 saturated carbocycles. The van der Waals surface area contributed by atoms with Crippen molar-refractivity contribution in [1.29, 1.82) is 0 Å². The van der Waals surface area contributed by atoms with Crippen LogP contribution in [0.15, 0.2) is 84.9 Å². The first-order valence-electron chi connectivity index (χ1n) is 10.1. The molecule has 0 aromatic heterocycles. The first-order valence-corrected chi connectivity index (χ1v) is 10.1. The minimum absolute atomic E-state index is 0.0712. The third-order valence-corrected chi connectivity index (χ3v) is 3.50. The van der Waals surface area contributed by atoms with E-state index in [1.807, 2.05) is 114 Å². The summed E-state index contributed by atoms with van der Waals surface area (Å²) in [5.74, 6) is 0.0712. The smallest absolute Gasteiger partial charge is 0.193 e. The molecule has 0 saturated heterocycles. The normalized spacial score (nSPS) is 8.67. The van der Waals surface area contributed by atoms with E-state index in [1.165, 1.54) is 11.1 Å². The maximum Gasteiger partial charge on any atom is 0.193 e. The number of benzene rings is 3. The lowest BCUT2D eigenvalue weighted by Gasteiger charge is -2.04. The number of hydrogen-bond donors (Lipinski definition) is 0. The van der Waals surface area contributed by atoms with E-state index in [0.717, 1.165) is 17.5 Å². The van der Waals surface area contributed by atoms with Crippen molar-refractivity contribution >= 4 is 5.78 Å². The molecule has 3 aromatic carbocycles. The molecular weight excluding hydrogens is 328 g/mol. The van der Waals surface area contributed by atoms with E-state index in [2.05, 4.69) is 12.1 Å². The summed E-state index contributed by atoms with van der Waals surface area (Å²) in [5, 5.41) is 0. The highest BCUT2D eigenvalue weighted by Gasteiger charge is 2.08. The van der Waals surface area contributed by atoms with Crippen LogP contribution in [0, 0.1) is 0 Å². The van der Waals surface area contributed by atoms with Crippen LogP contribution in [0.5, 0.6) is 0 Å². The van der Waals surface area contributed by atoms with Crippen LogP contribution < -0.4 is 0 Å². The number of carbonyl (C=O) groups is 1. The molecule has 0 aliphatic heterocycles. The van der Waals surface area contributed by atoms with Crippen molar-refractivity contribution in [1.82, 2.24) is 0 Å². The molecule has 0 spiro atoms. The van der Waals surface area contributed by atoms with Gasteiger partial charge in [0, 0.05) is 11.1 Å². The van der Waals surface area contributed by atoms with Crippen molar-refractivity contribution in [3.8, 4) is 0 Å². The molecule has 27 heavy (non-hydrogen) atoms. The van der Waals surface area contributed by atoms with Gasteiger partial charge in [0.15, 0.2) is 5.78 Å². The molecule has 0 fully saturated rings. The monoisotopic (exact) mass is 362 g/mol. The van der Waals surface area contributed by atoms with E-state index in [-0.39, 0.29) is 5.78 Å². The number of rotatable bonds is 4. The zero-order chi connectivity index (χ0) is 20.5. The fourth-order valence-corrected chi connectivity index (χ4v) is 2.36. The molecule has 0 aliphatic carbocycles. The Balaban J connectivity index is 0.00000103. The molecule has 3 aromatic rings. The van der Waals surface area contributed by atoms with Crippen LogP contribution in [0.1, 0.15) is 68.6 Å². The topological polar surface area (TPSA) is 17.1 Å². The lowest BCUT2D eigenvalue weighted by atomic mass is 9.99. The van der Waals surface area contributed by atoms with Crippen LogP contribution >= 0.6 is 0 Å². The van der Waals surface area contributed by atoms with Crippen molar-refractivity contribution < 1.29 is 4.79 Å². The highest BCUT2D eigenvalue weighted by atomic mass is 16.1. The highest BCUT2D eigenvalue weighted by molar-refractivity contribution is 6.08. The van der Waals surface area contributed by atoms with E-state index in [9.17, 15) is 4.79 Å². The van der Waals surface area contributed by atoms with Crippen molar-refractivity contribution in [2.24, 2.45) is 0 Å². The molecular formula is C26H34O. The standard InChI is InChI=1S/C20H16O.3C2H6/c21-20(18-9-5-2-6-10-18)19-13-11-17(12-14-19)15-16-7-3-1-4-8-16;3*1-2/h1-14H,15H2;3*1-2H3. The Labute approximate surface area is 166 Å². The van der Waals surface area contributed by atoms with Gasteiger partial charge in [-0.25, -0.2) is 0 Å². The van der Waals surface area contributed by atoms with Crippen LogP contribution in [0.4, 0.5) is 0 Å². The Morgan fingerprint density at radius 1 is 0.519 bits per heavy atom. The van der Waals surface area contributed by atoms with Crippen LogP contribution in [-0.4, -0.2) is 5.78 Å². The van der Waals surface area contributed by atoms with Crippen LogP contribution in [-0.2, 0) is 6.42 Å². The Morgan fingerprint density at radius 3 is 1.37 bits per heavy atom. The van der Waals surface area contributed by atoms with Gasteiger partial charge in [0.05, 0.1) is 0 Å². The third kappa shape index (κ3) is 8.50. The van der Waals surface area contributed by atoms with Gasteiger partial charge in [0.1, 0.15) is 0 Å². The minimum atomic E-state index is 0.0712. The summed E-state index contributed by atoms with van der Waals surface area (Å²) >= 11 is 0. The summed E-state index contributed by atoms with van der Waals surface area (Å²) in [6.07, 6.45) is 0.890. The summed E-state index contributed by atoms with van der Waals surface area (Å²) in [4.78, 5) is 12.3. The maximum absolute atomic E-state index is 12.3. The molecule has 0 N–H and O–H groups in total. The van der Waals surface area contributed by atoms with Gasteiger partial charge in [-0.1, -0.05) is 126 Å². The van der Waals surface area contributed by atoms with E-state index in [4.69, 9.17) is 0 Å². The first-order chi connectivity index (χ1) is 13.3. The molecule has 0 atom stereocenters. The van der Waals surface area contributed by atoms with E-state index >= 15 is 0 Å². The fourth-order valence-electron chi connectivity index (χ4n) is 2.36. The van der Waals surface area contributed by atoms with Gasteiger partial charge in [0.25, 0.3) is 0 Å². The Bertz CT molecular complexity index is 713. The molecule has 0 amide bonds. The van der Waals surface area contributed by atoms with E-state index in [1.54, 1.807) is 0 Å². The van der Waals surface area contributed by atoms with Gasteiger partial charge in [-0.15, -0.1) is 0 Å². The Kier molecular flexibility index (Phi) is 14.0.